The molecule has 0 saturated heterocycles. The van der Waals surface area contributed by atoms with E-state index in [1.807, 2.05) is 0 Å². The molecule has 0 spiro atoms. The molecule has 0 aromatic carbocycles. The zero-order valence-corrected chi connectivity index (χ0v) is 12.3. The van der Waals surface area contributed by atoms with Crippen LogP contribution < -0.4 is 5.73 Å². The van der Waals surface area contributed by atoms with Crippen molar-refractivity contribution in [2.24, 2.45) is 11.7 Å². The molecule has 1 fully saturated rings. The number of nitrogens with zero attached hydrogens (tertiary/aromatic N) is 2. The van der Waals surface area contributed by atoms with E-state index >= 15 is 0 Å². The molecule has 1 aliphatic carbocycles. The van der Waals surface area contributed by atoms with Crippen molar-refractivity contribution in [1.29, 1.82) is 0 Å². The monoisotopic (exact) mass is 269 g/mol. The van der Waals surface area contributed by atoms with E-state index in [-0.39, 0.29) is 5.54 Å². The van der Waals surface area contributed by atoms with E-state index in [0.29, 0.717) is 11.7 Å². The maximum absolute atomic E-state index is 6.44. The van der Waals surface area contributed by atoms with Gasteiger partial charge in [-0.3, -0.25) is 0 Å². The van der Waals surface area contributed by atoms with Gasteiger partial charge in [-0.1, -0.05) is 19.0 Å². The van der Waals surface area contributed by atoms with E-state index in [1.54, 1.807) is 11.8 Å². The molecule has 2 N–H and O–H groups in total. The maximum Gasteiger partial charge on any atom is 0.230 e. The first-order valence-corrected chi connectivity index (χ1v) is 8.06. The molecule has 102 valence electrons. The maximum atomic E-state index is 6.44. The molecular formula is C13H23N3OS. The van der Waals surface area contributed by atoms with Gasteiger partial charge in [0.15, 0.2) is 5.82 Å². The molecule has 0 radical (unpaired) electrons. The number of nitrogens with two attached hydrogens (primary N) is 1. The predicted molar refractivity (Wildman–Crippen MR) is 74.6 cm³/mol. The third-order valence-corrected chi connectivity index (χ3v) is 4.73. The SMILES string of the molecule is CSCC(C)c1nc(C2(N)CCC(C)CC2)no1. The average molecular weight is 269 g/mol. The van der Waals surface area contributed by atoms with Gasteiger partial charge in [-0.2, -0.15) is 16.7 Å². The Morgan fingerprint density at radius 1 is 1.50 bits per heavy atom. The summed E-state index contributed by atoms with van der Waals surface area (Å²) in [4.78, 5) is 4.53. The van der Waals surface area contributed by atoms with E-state index in [1.165, 1.54) is 0 Å². The molecule has 1 unspecified atom stereocenters. The van der Waals surface area contributed by atoms with Crippen LogP contribution in [0.4, 0.5) is 0 Å². The van der Waals surface area contributed by atoms with Gasteiger partial charge in [-0.05, 0) is 37.9 Å². The van der Waals surface area contributed by atoms with Crippen molar-refractivity contribution in [3.8, 4) is 0 Å². The van der Waals surface area contributed by atoms with Gasteiger partial charge < -0.3 is 10.3 Å². The normalized spacial score (nSPS) is 30.3. The van der Waals surface area contributed by atoms with Crippen molar-refractivity contribution in [1.82, 2.24) is 10.1 Å². The zero-order chi connectivity index (χ0) is 13.2. The smallest absolute Gasteiger partial charge is 0.230 e. The molecular weight excluding hydrogens is 246 g/mol. The van der Waals surface area contributed by atoms with Crippen molar-refractivity contribution in [3.05, 3.63) is 11.7 Å². The van der Waals surface area contributed by atoms with Crippen LogP contribution in [-0.4, -0.2) is 22.1 Å². The molecule has 0 bridgehead atoms. The van der Waals surface area contributed by atoms with E-state index in [2.05, 4.69) is 30.2 Å². The minimum Gasteiger partial charge on any atom is -0.339 e. The van der Waals surface area contributed by atoms with Crippen LogP contribution in [0.3, 0.4) is 0 Å². The van der Waals surface area contributed by atoms with E-state index in [0.717, 1.165) is 43.2 Å². The number of hydrogen-bond acceptors (Lipinski definition) is 5. The van der Waals surface area contributed by atoms with Crippen molar-refractivity contribution >= 4 is 11.8 Å². The molecule has 1 atom stereocenters. The van der Waals surface area contributed by atoms with Gasteiger partial charge in [0, 0.05) is 11.7 Å². The summed E-state index contributed by atoms with van der Waals surface area (Å²) in [7, 11) is 0. The van der Waals surface area contributed by atoms with Gasteiger partial charge in [0.25, 0.3) is 0 Å². The first kappa shape index (κ1) is 13.9. The summed E-state index contributed by atoms with van der Waals surface area (Å²) in [6.07, 6.45) is 6.32. The van der Waals surface area contributed by atoms with E-state index < -0.39 is 0 Å². The van der Waals surface area contributed by atoms with Gasteiger partial charge in [-0.15, -0.1) is 0 Å². The molecule has 1 aromatic heterocycles. The molecule has 4 nitrogen and oxygen atoms in total. The highest BCUT2D eigenvalue weighted by molar-refractivity contribution is 7.98. The van der Waals surface area contributed by atoms with Crippen molar-refractivity contribution in [2.75, 3.05) is 12.0 Å². The Hall–Kier alpha value is -0.550. The summed E-state index contributed by atoms with van der Waals surface area (Å²) < 4.78 is 5.37. The average Bonchev–Trinajstić information content (AvgIpc) is 2.84. The highest BCUT2D eigenvalue weighted by atomic mass is 32.2. The highest BCUT2D eigenvalue weighted by Crippen LogP contribution is 2.36. The lowest BCUT2D eigenvalue weighted by Gasteiger charge is -2.33. The van der Waals surface area contributed by atoms with Crippen LogP contribution in [0.15, 0.2) is 4.52 Å². The molecule has 5 heteroatoms. The first-order valence-electron chi connectivity index (χ1n) is 6.67. The minimum absolute atomic E-state index is 0.298. The van der Waals surface area contributed by atoms with Crippen LogP contribution in [0.25, 0.3) is 0 Å². The quantitative estimate of drug-likeness (QED) is 0.910. The first-order chi connectivity index (χ1) is 8.55. The summed E-state index contributed by atoms with van der Waals surface area (Å²) in [5.41, 5.74) is 6.07. The van der Waals surface area contributed by atoms with Crippen molar-refractivity contribution in [2.45, 2.75) is 51.0 Å². The number of rotatable bonds is 4. The molecule has 0 amide bonds. The van der Waals surface area contributed by atoms with Crippen molar-refractivity contribution < 1.29 is 4.52 Å². The summed E-state index contributed by atoms with van der Waals surface area (Å²) in [6.45, 7) is 4.39. The summed E-state index contributed by atoms with van der Waals surface area (Å²) >= 11 is 1.79. The van der Waals surface area contributed by atoms with Gasteiger partial charge in [0.2, 0.25) is 5.89 Å². The fourth-order valence-corrected chi connectivity index (χ4v) is 3.10. The number of thioether (sulfide) groups is 1. The second-order valence-corrected chi connectivity index (χ2v) is 6.56. The molecule has 1 saturated carbocycles. The summed E-state index contributed by atoms with van der Waals surface area (Å²) in [6, 6.07) is 0. The predicted octanol–water partition coefficient (Wildman–Crippen LogP) is 2.90. The topological polar surface area (TPSA) is 64.9 Å². The Balaban J connectivity index is 2.09. The Bertz CT molecular complexity index is 385. The van der Waals surface area contributed by atoms with Crippen LogP contribution in [0.1, 0.15) is 57.2 Å². The van der Waals surface area contributed by atoms with Gasteiger partial charge in [0.1, 0.15) is 0 Å². The van der Waals surface area contributed by atoms with Crippen LogP contribution in [0.2, 0.25) is 0 Å². The van der Waals surface area contributed by atoms with Crippen LogP contribution in [0, 0.1) is 5.92 Å². The molecule has 0 aliphatic heterocycles. The Morgan fingerprint density at radius 3 is 2.78 bits per heavy atom. The lowest BCUT2D eigenvalue weighted by atomic mass is 9.77. The minimum atomic E-state index is -0.368. The van der Waals surface area contributed by atoms with Gasteiger partial charge in [0.05, 0.1) is 5.54 Å². The lowest BCUT2D eigenvalue weighted by molar-refractivity contribution is 0.229. The van der Waals surface area contributed by atoms with E-state index in [4.69, 9.17) is 10.3 Å². The van der Waals surface area contributed by atoms with E-state index in [9.17, 15) is 0 Å². The molecule has 1 aliphatic rings. The number of aromatic nitrogens is 2. The molecule has 1 aromatic rings. The molecule has 1 heterocycles. The molecule has 2 rings (SSSR count). The van der Waals surface area contributed by atoms with Crippen LogP contribution in [-0.2, 0) is 5.54 Å². The third-order valence-electron chi connectivity index (χ3n) is 3.89. The fourth-order valence-electron chi connectivity index (χ4n) is 2.46. The summed E-state index contributed by atoms with van der Waals surface area (Å²) in [5, 5.41) is 4.12. The molecule has 18 heavy (non-hydrogen) atoms. The zero-order valence-electron chi connectivity index (χ0n) is 11.5. The second kappa shape index (κ2) is 5.61. The number of hydrogen-bond donors (Lipinski definition) is 1. The lowest BCUT2D eigenvalue weighted by Crippen LogP contribution is -2.41. The Kier molecular flexibility index (Phi) is 4.33. The standard InChI is InChI=1S/C13H23N3OS/c1-9-4-6-13(14,7-5-9)12-15-11(17-16-12)10(2)8-18-3/h9-10H,4-8,14H2,1-3H3. The highest BCUT2D eigenvalue weighted by Gasteiger charge is 2.36. The second-order valence-electron chi connectivity index (χ2n) is 5.65. The summed E-state index contributed by atoms with van der Waals surface area (Å²) in [5.74, 6) is 3.49. The third kappa shape index (κ3) is 2.88. The van der Waals surface area contributed by atoms with Crippen LogP contribution >= 0.6 is 11.8 Å². The van der Waals surface area contributed by atoms with Gasteiger partial charge in [-0.25, -0.2) is 0 Å². The van der Waals surface area contributed by atoms with Crippen molar-refractivity contribution in [3.63, 3.8) is 0 Å². The largest absolute Gasteiger partial charge is 0.339 e. The Morgan fingerprint density at radius 2 is 2.17 bits per heavy atom. The van der Waals surface area contributed by atoms with Gasteiger partial charge >= 0.3 is 0 Å². The fraction of sp³-hybridized carbons (Fsp3) is 0.846. The van der Waals surface area contributed by atoms with Crippen LogP contribution in [0.5, 0.6) is 0 Å². The Labute approximate surface area is 113 Å².